The Kier molecular flexibility index (Phi) is 8.24. The van der Waals surface area contributed by atoms with E-state index in [1.165, 1.54) is 0 Å². The Bertz CT molecular complexity index is 106. The molecule has 0 aromatic carbocycles. The molecule has 1 atom stereocenters. The van der Waals surface area contributed by atoms with Crippen molar-refractivity contribution in [2.24, 2.45) is 0 Å². The second kappa shape index (κ2) is 6.26. The summed E-state index contributed by atoms with van der Waals surface area (Å²) in [6.45, 7) is 3.63. The van der Waals surface area contributed by atoms with E-state index in [2.05, 4.69) is 9.05 Å². The fourth-order valence-electron chi connectivity index (χ4n) is 0.364. The van der Waals surface area contributed by atoms with Gasteiger partial charge in [-0.15, -0.1) is 0 Å². The molecule has 6 heteroatoms. The van der Waals surface area contributed by atoms with Gasteiger partial charge in [-0.1, -0.05) is 0 Å². The zero-order chi connectivity index (χ0) is 7.33. The van der Waals surface area contributed by atoms with E-state index in [9.17, 15) is 4.57 Å². The van der Waals surface area contributed by atoms with Crippen molar-refractivity contribution in [3.05, 3.63) is 0 Å². The third kappa shape index (κ3) is 6.66. The molecule has 0 aromatic heterocycles. The van der Waals surface area contributed by atoms with E-state index < -0.39 is 7.82 Å². The van der Waals surface area contributed by atoms with Crippen molar-refractivity contribution in [3.8, 4) is 0 Å². The highest BCUT2D eigenvalue weighted by atomic mass is 31.2. The molecule has 0 aliphatic heterocycles. The van der Waals surface area contributed by atoms with Crippen molar-refractivity contribution in [3.63, 3.8) is 0 Å². The van der Waals surface area contributed by atoms with Crippen molar-refractivity contribution < 1.29 is 18.5 Å². The third-order valence-corrected chi connectivity index (χ3v) is 1.75. The normalized spacial score (nSPS) is 10.7. The van der Waals surface area contributed by atoms with Crippen LogP contribution in [0.3, 0.4) is 0 Å². The highest BCUT2D eigenvalue weighted by Gasteiger charge is 2.17. The molecule has 10 heavy (non-hydrogen) atoms. The Morgan fingerprint density at radius 3 is 1.80 bits per heavy atom. The average Bonchev–Trinajstić information content (AvgIpc) is 1.64. The predicted octanol–water partition coefficient (Wildman–Crippen LogP) is 1.22. The minimum Gasteiger partial charge on any atom is -0.302 e. The fraction of sp³-hybridized carbons (Fsp3) is 1.00. The first-order chi connectivity index (χ1) is 4.12. The van der Waals surface area contributed by atoms with E-state index in [1.54, 1.807) is 13.8 Å². The predicted molar refractivity (Wildman–Crippen MR) is 44.2 cm³/mol. The molecular formula is C4H14O4P2. The second-order valence-electron chi connectivity index (χ2n) is 1.30. The van der Waals surface area contributed by atoms with Gasteiger partial charge in [0.25, 0.3) is 0 Å². The van der Waals surface area contributed by atoms with Gasteiger partial charge in [-0.2, -0.15) is 9.90 Å². The van der Waals surface area contributed by atoms with Gasteiger partial charge in [0.05, 0.1) is 13.2 Å². The summed E-state index contributed by atoms with van der Waals surface area (Å²) in [6.07, 6.45) is 0. The summed E-state index contributed by atoms with van der Waals surface area (Å²) in [5.74, 6) is 0. The first-order valence-corrected chi connectivity index (χ1v) is 4.23. The van der Waals surface area contributed by atoms with Crippen LogP contribution in [0, 0.1) is 0 Å². The van der Waals surface area contributed by atoms with Crippen LogP contribution >= 0.6 is 17.7 Å². The molecule has 0 heterocycles. The molecule has 0 radical (unpaired) electrons. The zero-order valence-electron chi connectivity index (χ0n) is 6.24. The van der Waals surface area contributed by atoms with Crippen LogP contribution in [0.1, 0.15) is 13.8 Å². The number of hydrogen-bond donors (Lipinski definition) is 1. The van der Waals surface area contributed by atoms with Gasteiger partial charge in [-0.3, -0.25) is 9.05 Å². The molecule has 1 N–H and O–H groups in total. The first kappa shape index (κ1) is 13.2. The molecule has 64 valence electrons. The van der Waals surface area contributed by atoms with E-state index >= 15 is 0 Å². The molecule has 4 nitrogen and oxygen atoms in total. The molecule has 0 saturated carbocycles. The molecule has 0 aliphatic rings. The monoisotopic (exact) mass is 188 g/mol. The van der Waals surface area contributed by atoms with E-state index in [1.807, 2.05) is 0 Å². The van der Waals surface area contributed by atoms with Gasteiger partial charge in [-0.05, 0) is 13.8 Å². The van der Waals surface area contributed by atoms with Crippen LogP contribution in [0.5, 0.6) is 0 Å². The Morgan fingerprint density at radius 1 is 1.30 bits per heavy atom. The summed E-state index contributed by atoms with van der Waals surface area (Å²) in [5, 5.41) is 0. The number of rotatable bonds is 4. The van der Waals surface area contributed by atoms with Gasteiger partial charge in [-0.25, -0.2) is 4.57 Å². The van der Waals surface area contributed by atoms with Gasteiger partial charge in [0.2, 0.25) is 0 Å². The maximum absolute atomic E-state index is 10.5. The number of hydrogen-bond acceptors (Lipinski definition) is 3. The summed E-state index contributed by atoms with van der Waals surface area (Å²) in [7, 11) is -3.69. The van der Waals surface area contributed by atoms with Crippen molar-refractivity contribution >= 4 is 17.7 Å². The molecule has 0 amide bonds. The van der Waals surface area contributed by atoms with Gasteiger partial charge in [0, 0.05) is 0 Å². The number of phosphoric ester groups is 1. The molecule has 0 aliphatic carbocycles. The minimum atomic E-state index is -3.69. The van der Waals surface area contributed by atoms with Crippen LogP contribution in [-0.2, 0) is 13.6 Å². The van der Waals surface area contributed by atoms with Crippen LogP contribution < -0.4 is 0 Å². The highest BCUT2D eigenvalue weighted by molar-refractivity contribution is 7.47. The molecule has 0 fully saturated rings. The summed E-state index contributed by atoms with van der Waals surface area (Å²) >= 11 is 0. The van der Waals surface area contributed by atoms with Crippen LogP contribution in [-0.4, -0.2) is 18.1 Å². The third-order valence-electron chi connectivity index (χ3n) is 0.584. The van der Waals surface area contributed by atoms with Gasteiger partial charge in [0.15, 0.2) is 0 Å². The number of phosphoric acid groups is 1. The summed E-state index contributed by atoms with van der Waals surface area (Å²) in [5.41, 5.74) is 0. The maximum atomic E-state index is 10.5. The summed E-state index contributed by atoms with van der Waals surface area (Å²) in [4.78, 5) is 8.63. The standard InChI is InChI=1S/C4H11O4P.H3P/c1-3-7-9(5,6)8-4-2;/h3-4H2,1-2H3,(H,5,6);1H3. The van der Waals surface area contributed by atoms with Crippen LogP contribution in [0.4, 0.5) is 0 Å². The summed E-state index contributed by atoms with van der Waals surface area (Å²) in [6, 6.07) is 0. The molecule has 0 aromatic rings. The van der Waals surface area contributed by atoms with Crippen LogP contribution in [0.15, 0.2) is 0 Å². The van der Waals surface area contributed by atoms with Crippen LogP contribution in [0.2, 0.25) is 0 Å². The van der Waals surface area contributed by atoms with E-state index in [0.717, 1.165) is 0 Å². The van der Waals surface area contributed by atoms with Crippen molar-refractivity contribution in [2.75, 3.05) is 13.2 Å². The van der Waals surface area contributed by atoms with Gasteiger partial charge >= 0.3 is 7.82 Å². The minimum absolute atomic E-state index is 0. The molecule has 0 rings (SSSR count). The lowest BCUT2D eigenvalue weighted by Gasteiger charge is -2.07. The molecule has 0 bridgehead atoms. The quantitative estimate of drug-likeness (QED) is 0.674. The fourth-order valence-corrected chi connectivity index (χ4v) is 1.09. The van der Waals surface area contributed by atoms with E-state index in [4.69, 9.17) is 4.89 Å². The van der Waals surface area contributed by atoms with Crippen molar-refractivity contribution in [2.45, 2.75) is 13.8 Å². The van der Waals surface area contributed by atoms with E-state index in [0.29, 0.717) is 0 Å². The Morgan fingerprint density at radius 2 is 1.60 bits per heavy atom. The average molecular weight is 188 g/mol. The maximum Gasteiger partial charge on any atom is 0.472 e. The Labute approximate surface area is 64.2 Å². The lowest BCUT2D eigenvalue weighted by Crippen LogP contribution is -1.93. The molecular weight excluding hydrogens is 174 g/mol. The zero-order valence-corrected chi connectivity index (χ0v) is 8.55. The van der Waals surface area contributed by atoms with Crippen LogP contribution in [0.25, 0.3) is 0 Å². The van der Waals surface area contributed by atoms with Crippen molar-refractivity contribution in [1.82, 2.24) is 0 Å². The van der Waals surface area contributed by atoms with Gasteiger partial charge in [0.1, 0.15) is 0 Å². The second-order valence-corrected chi connectivity index (χ2v) is 2.76. The largest absolute Gasteiger partial charge is 0.472 e. The lowest BCUT2D eigenvalue weighted by atomic mass is 10.9. The van der Waals surface area contributed by atoms with Crippen molar-refractivity contribution in [1.29, 1.82) is 0 Å². The molecule has 0 spiro atoms. The first-order valence-electron chi connectivity index (χ1n) is 2.74. The highest BCUT2D eigenvalue weighted by Crippen LogP contribution is 2.42. The topological polar surface area (TPSA) is 55.8 Å². The Hall–Kier alpha value is 0.540. The summed E-state index contributed by atoms with van der Waals surface area (Å²) < 4.78 is 19.2. The molecule has 1 unspecified atom stereocenters. The lowest BCUT2D eigenvalue weighted by molar-refractivity contribution is 0.161. The van der Waals surface area contributed by atoms with Gasteiger partial charge < -0.3 is 4.89 Å². The SMILES string of the molecule is CCOP(=O)(O)OCC.P. The van der Waals surface area contributed by atoms with E-state index in [-0.39, 0.29) is 23.1 Å². The Balaban J connectivity index is 0. The molecule has 0 saturated heterocycles. The smallest absolute Gasteiger partial charge is 0.302 e.